The molecule has 1 aliphatic heterocycles. The average Bonchev–Trinajstić information content (AvgIpc) is 2.72. The van der Waals surface area contributed by atoms with Crippen molar-refractivity contribution in [1.29, 1.82) is 5.41 Å². The zero-order chi connectivity index (χ0) is 21.7. The number of nitrogens with zero attached hydrogens (tertiary/aromatic N) is 2. The van der Waals surface area contributed by atoms with Gasteiger partial charge in [0.05, 0.1) is 13.1 Å². The van der Waals surface area contributed by atoms with Crippen LogP contribution in [-0.2, 0) is 17.8 Å². The van der Waals surface area contributed by atoms with Crippen molar-refractivity contribution in [1.82, 2.24) is 9.80 Å². The first-order valence-corrected chi connectivity index (χ1v) is 9.58. The summed E-state index contributed by atoms with van der Waals surface area (Å²) in [5, 5.41) is 20.0. The number of carbonyl (C=O) groups excluding carboxylic acids is 1. The number of anilines is 1. The zero-order valence-corrected chi connectivity index (χ0v) is 16.8. The second-order valence-corrected chi connectivity index (χ2v) is 7.28. The Morgan fingerprint density at radius 1 is 1.20 bits per heavy atom. The number of benzene rings is 2. The molecule has 0 aliphatic carbocycles. The van der Waals surface area contributed by atoms with Crippen LogP contribution in [0.25, 0.3) is 0 Å². The van der Waals surface area contributed by atoms with Crippen LogP contribution >= 0.6 is 0 Å². The largest absolute Gasteiger partial charge is 0.480 e. The van der Waals surface area contributed by atoms with Gasteiger partial charge < -0.3 is 15.3 Å². The van der Waals surface area contributed by atoms with Gasteiger partial charge in [-0.15, -0.1) is 6.42 Å². The quantitative estimate of drug-likeness (QED) is 0.390. The van der Waals surface area contributed by atoms with E-state index in [1.165, 1.54) is 5.56 Å². The second-order valence-electron chi connectivity index (χ2n) is 7.28. The molecule has 1 amide bonds. The van der Waals surface area contributed by atoms with E-state index in [4.69, 9.17) is 16.9 Å². The number of terminal acetylenes is 1. The third-order valence-corrected chi connectivity index (χ3v) is 5.05. The number of carbonyl (C=O) groups is 2. The number of carboxylic acids is 1. The minimum Gasteiger partial charge on any atom is -0.480 e. The van der Waals surface area contributed by atoms with Crippen molar-refractivity contribution in [2.45, 2.75) is 13.0 Å². The molecule has 0 bridgehead atoms. The summed E-state index contributed by atoms with van der Waals surface area (Å²) in [7, 11) is 1.75. The molecule has 2 aromatic rings. The summed E-state index contributed by atoms with van der Waals surface area (Å²) < 4.78 is 0. The lowest BCUT2D eigenvalue weighted by atomic mass is 9.99. The molecule has 7 heteroatoms. The van der Waals surface area contributed by atoms with Gasteiger partial charge >= 0.3 is 5.97 Å². The summed E-state index contributed by atoms with van der Waals surface area (Å²) in [5.41, 5.74) is 4.03. The molecular weight excluding hydrogens is 380 g/mol. The third kappa shape index (κ3) is 5.04. The molecule has 30 heavy (non-hydrogen) atoms. The van der Waals surface area contributed by atoms with Gasteiger partial charge in [0.15, 0.2) is 0 Å². The molecule has 0 spiro atoms. The Labute approximate surface area is 175 Å². The van der Waals surface area contributed by atoms with E-state index in [9.17, 15) is 9.59 Å². The number of rotatable bonds is 6. The van der Waals surface area contributed by atoms with Crippen LogP contribution in [0.3, 0.4) is 0 Å². The Kier molecular flexibility index (Phi) is 6.50. The van der Waals surface area contributed by atoms with Crippen LogP contribution < -0.4 is 5.32 Å². The monoisotopic (exact) mass is 404 g/mol. The van der Waals surface area contributed by atoms with E-state index in [-0.39, 0.29) is 12.5 Å². The number of amides is 1. The van der Waals surface area contributed by atoms with Crippen LogP contribution in [0.2, 0.25) is 0 Å². The Morgan fingerprint density at radius 2 is 1.90 bits per heavy atom. The van der Waals surface area contributed by atoms with E-state index in [1.54, 1.807) is 36.2 Å². The molecule has 0 aromatic heterocycles. The smallest absolute Gasteiger partial charge is 0.317 e. The van der Waals surface area contributed by atoms with Gasteiger partial charge in [-0.1, -0.05) is 24.1 Å². The first kappa shape index (κ1) is 21.1. The van der Waals surface area contributed by atoms with E-state index < -0.39 is 5.97 Å². The van der Waals surface area contributed by atoms with E-state index in [0.717, 1.165) is 12.0 Å². The van der Waals surface area contributed by atoms with Crippen LogP contribution in [-0.4, -0.2) is 59.3 Å². The predicted octanol–water partition coefficient (Wildman–Crippen LogP) is 2.27. The Bertz CT molecular complexity index is 1010. The normalized spacial score (nSPS) is 13.1. The van der Waals surface area contributed by atoms with Gasteiger partial charge in [0, 0.05) is 37.0 Å². The predicted molar refractivity (Wildman–Crippen MR) is 116 cm³/mol. The van der Waals surface area contributed by atoms with E-state index >= 15 is 0 Å². The number of hydrogen-bond donors (Lipinski definition) is 3. The number of fused-ring (bicyclic) bond motifs is 1. The van der Waals surface area contributed by atoms with Gasteiger partial charge in [0.1, 0.15) is 5.84 Å². The summed E-state index contributed by atoms with van der Waals surface area (Å²) in [6, 6.07) is 12.5. The van der Waals surface area contributed by atoms with E-state index in [1.807, 2.05) is 23.1 Å². The molecule has 3 N–H and O–H groups in total. The van der Waals surface area contributed by atoms with Crippen molar-refractivity contribution in [3.63, 3.8) is 0 Å². The highest BCUT2D eigenvalue weighted by atomic mass is 16.4. The maximum Gasteiger partial charge on any atom is 0.317 e. The van der Waals surface area contributed by atoms with Gasteiger partial charge in [0.2, 0.25) is 0 Å². The number of amidine groups is 1. The summed E-state index contributed by atoms with van der Waals surface area (Å²) in [6.07, 6.45) is 6.07. The molecular formula is C23H24N4O3. The standard InChI is InChI=1S/C23H24N4O3/c1-3-11-26(2)22(24)17-4-6-18(7-5-17)23(30)25-20-9-8-16-10-12-27(15-21(28)29)14-19(16)13-20/h1,4-9,13,24H,10-12,14-15H2,2H3,(H,25,30)(H,28,29). The Morgan fingerprint density at radius 3 is 2.57 bits per heavy atom. The SMILES string of the molecule is C#CCN(C)C(=N)c1ccc(C(=O)Nc2ccc3c(c2)CN(CC(=O)O)CC3)cc1. The van der Waals surface area contributed by atoms with Gasteiger partial charge in [-0.2, -0.15) is 0 Å². The van der Waals surface area contributed by atoms with Gasteiger partial charge in [0.25, 0.3) is 5.91 Å². The molecule has 1 heterocycles. The summed E-state index contributed by atoms with van der Waals surface area (Å²) in [6.45, 7) is 1.60. The molecule has 0 saturated heterocycles. The fraction of sp³-hybridized carbons (Fsp3) is 0.261. The van der Waals surface area contributed by atoms with Crippen molar-refractivity contribution in [2.75, 3.05) is 32.0 Å². The molecule has 3 rings (SSSR count). The van der Waals surface area contributed by atoms with Crippen molar-refractivity contribution in [3.8, 4) is 12.3 Å². The average molecular weight is 404 g/mol. The first-order chi connectivity index (χ1) is 14.4. The Balaban J connectivity index is 1.67. The van der Waals surface area contributed by atoms with Crippen molar-refractivity contribution < 1.29 is 14.7 Å². The van der Waals surface area contributed by atoms with Gasteiger partial charge in [-0.3, -0.25) is 19.9 Å². The fourth-order valence-electron chi connectivity index (χ4n) is 3.44. The summed E-state index contributed by atoms with van der Waals surface area (Å²) in [4.78, 5) is 27.1. The lowest BCUT2D eigenvalue weighted by molar-refractivity contribution is -0.138. The number of carboxylic acid groups (broad SMARTS) is 1. The molecule has 0 unspecified atom stereocenters. The van der Waals surface area contributed by atoms with Crippen LogP contribution in [0.4, 0.5) is 5.69 Å². The molecule has 0 atom stereocenters. The summed E-state index contributed by atoms with van der Waals surface area (Å²) in [5.74, 6) is 1.70. The highest BCUT2D eigenvalue weighted by Crippen LogP contribution is 2.23. The van der Waals surface area contributed by atoms with Crippen LogP contribution in [0.5, 0.6) is 0 Å². The molecule has 1 aliphatic rings. The highest BCUT2D eigenvalue weighted by Gasteiger charge is 2.19. The molecule has 154 valence electrons. The topological polar surface area (TPSA) is 96.7 Å². The van der Waals surface area contributed by atoms with Crippen LogP contribution in [0.15, 0.2) is 42.5 Å². The van der Waals surface area contributed by atoms with Crippen molar-refractivity contribution in [2.24, 2.45) is 0 Å². The zero-order valence-electron chi connectivity index (χ0n) is 16.8. The molecule has 0 fully saturated rings. The van der Waals surface area contributed by atoms with Crippen molar-refractivity contribution >= 4 is 23.4 Å². The van der Waals surface area contributed by atoms with Crippen molar-refractivity contribution in [3.05, 3.63) is 64.7 Å². The molecule has 0 saturated carbocycles. The number of aliphatic carboxylic acids is 1. The number of nitrogens with one attached hydrogen (secondary N) is 2. The van der Waals surface area contributed by atoms with E-state index in [0.29, 0.717) is 42.3 Å². The Hall–Kier alpha value is -3.63. The lowest BCUT2D eigenvalue weighted by Crippen LogP contribution is -2.34. The lowest BCUT2D eigenvalue weighted by Gasteiger charge is -2.27. The van der Waals surface area contributed by atoms with Gasteiger partial charge in [-0.25, -0.2) is 0 Å². The van der Waals surface area contributed by atoms with Gasteiger partial charge in [-0.05, 0) is 41.8 Å². The fourth-order valence-corrected chi connectivity index (χ4v) is 3.44. The number of hydrogen-bond acceptors (Lipinski definition) is 4. The minimum absolute atomic E-state index is 0.00785. The highest BCUT2D eigenvalue weighted by molar-refractivity contribution is 6.05. The van der Waals surface area contributed by atoms with Crippen LogP contribution in [0, 0.1) is 17.8 Å². The first-order valence-electron chi connectivity index (χ1n) is 9.58. The molecule has 7 nitrogen and oxygen atoms in total. The molecule has 2 aromatic carbocycles. The van der Waals surface area contributed by atoms with Crippen LogP contribution in [0.1, 0.15) is 27.0 Å². The third-order valence-electron chi connectivity index (χ3n) is 5.05. The maximum absolute atomic E-state index is 12.6. The molecule has 0 radical (unpaired) electrons. The van der Waals surface area contributed by atoms with E-state index in [2.05, 4.69) is 11.2 Å². The summed E-state index contributed by atoms with van der Waals surface area (Å²) >= 11 is 0. The minimum atomic E-state index is -0.843. The maximum atomic E-state index is 12.6. The second kappa shape index (κ2) is 9.25.